The number of carbonyl (C=O) groups is 2. The number of pyridine rings is 1. The van der Waals surface area contributed by atoms with Crippen LogP contribution in [0.25, 0.3) is 10.8 Å². The van der Waals surface area contributed by atoms with Crippen molar-refractivity contribution in [2.24, 2.45) is 0 Å². The maximum absolute atomic E-state index is 13.3. The summed E-state index contributed by atoms with van der Waals surface area (Å²) in [6.07, 6.45) is 4.83. The van der Waals surface area contributed by atoms with Crippen LogP contribution in [0.3, 0.4) is 0 Å². The molecule has 0 saturated carbocycles. The molecule has 4 heterocycles. The number of halogens is 1. The molecule has 14 heteroatoms. The fourth-order valence-electron chi connectivity index (χ4n) is 4.68. The number of nitrogens with one attached hydrogen (secondary N) is 1. The van der Waals surface area contributed by atoms with Crippen LogP contribution in [0, 0.1) is 0 Å². The number of nitrogens with zero attached hydrogens (tertiary/aromatic N) is 4. The number of anilines is 2. The second kappa shape index (κ2) is 10.6. The van der Waals surface area contributed by atoms with Crippen LogP contribution in [0.4, 0.5) is 10.9 Å². The Hall–Kier alpha value is -3.00. The Balaban J connectivity index is 1.29. The molecule has 0 radical (unpaired) electrons. The number of thiazole rings is 1. The Morgan fingerprint density at radius 3 is 2.82 bits per heavy atom. The standard InChI is InChI=1S/C24H27ClN6O5S2/c1-36-23(33)19(4-3-15-11-14-5-7-27-21(26)16(14)12-17(15)25)31-10-6-18(22(31)32)29-38(34,35)20-13-28-24(37-20)30-8-2-9-30/h5,7,11-13,18-19,29H,2-4,6,8-10H2,1H3,(H2,26,27)/t18-,19+/m0/s1. The number of aryl methyl sites for hydroxylation is 1. The fraction of sp³-hybridized carbons (Fsp3) is 0.417. The summed E-state index contributed by atoms with van der Waals surface area (Å²) in [5.74, 6) is -0.677. The smallest absolute Gasteiger partial charge is 0.328 e. The molecule has 5 rings (SSSR count). The molecule has 3 N–H and O–H groups in total. The number of ether oxygens (including phenoxy) is 1. The van der Waals surface area contributed by atoms with Gasteiger partial charge in [-0.3, -0.25) is 4.79 Å². The number of fused-ring (bicyclic) bond motifs is 1. The number of aromatic nitrogens is 2. The number of sulfonamides is 1. The van der Waals surface area contributed by atoms with Gasteiger partial charge >= 0.3 is 5.97 Å². The highest BCUT2D eigenvalue weighted by molar-refractivity contribution is 7.91. The van der Waals surface area contributed by atoms with Gasteiger partial charge in [-0.2, -0.15) is 4.72 Å². The van der Waals surface area contributed by atoms with Gasteiger partial charge in [0.15, 0.2) is 9.34 Å². The number of hydrogen-bond acceptors (Lipinski definition) is 10. The summed E-state index contributed by atoms with van der Waals surface area (Å²) in [5.41, 5.74) is 6.72. The van der Waals surface area contributed by atoms with Crippen molar-refractivity contribution in [3.8, 4) is 0 Å². The number of hydrogen-bond donors (Lipinski definition) is 2. The molecule has 2 aliphatic rings. The number of nitrogens with two attached hydrogens (primary N) is 1. The van der Waals surface area contributed by atoms with Crippen LogP contribution >= 0.6 is 22.9 Å². The molecule has 2 atom stereocenters. The second-order valence-corrected chi connectivity index (χ2v) is 12.6. The topological polar surface area (TPSA) is 148 Å². The zero-order valence-electron chi connectivity index (χ0n) is 20.6. The summed E-state index contributed by atoms with van der Waals surface area (Å²) in [5, 5.41) is 2.71. The lowest BCUT2D eigenvalue weighted by atomic mass is 10.0. The quantitative estimate of drug-likeness (QED) is 0.364. The molecular weight excluding hydrogens is 552 g/mol. The summed E-state index contributed by atoms with van der Waals surface area (Å²) in [7, 11) is -2.69. The lowest BCUT2D eigenvalue weighted by Crippen LogP contribution is -2.47. The highest BCUT2D eigenvalue weighted by Crippen LogP contribution is 2.31. The van der Waals surface area contributed by atoms with Gasteiger partial charge in [-0.15, -0.1) is 0 Å². The number of esters is 1. The Morgan fingerprint density at radius 1 is 1.32 bits per heavy atom. The van der Waals surface area contributed by atoms with Gasteiger partial charge in [-0.25, -0.2) is 23.2 Å². The average molecular weight is 579 g/mol. The van der Waals surface area contributed by atoms with Gasteiger partial charge in [0.05, 0.1) is 13.3 Å². The Kier molecular flexibility index (Phi) is 7.45. The van der Waals surface area contributed by atoms with Crippen molar-refractivity contribution in [3.63, 3.8) is 0 Å². The highest BCUT2D eigenvalue weighted by Gasteiger charge is 2.41. The first kappa shape index (κ1) is 26.6. The number of amides is 1. The number of methoxy groups -OCH3 is 1. The minimum Gasteiger partial charge on any atom is -0.467 e. The molecule has 0 bridgehead atoms. The van der Waals surface area contributed by atoms with Crippen LogP contribution in [0.15, 0.2) is 34.8 Å². The van der Waals surface area contributed by atoms with Crippen molar-refractivity contribution >= 4 is 66.6 Å². The van der Waals surface area contributed by atoms with E-state index in [1.165, 1.54) is 18.2 Å². The Labute approximate surface area is 229 Å². The highest BCUT2D eigenvalue weighted by atomic mass is 35.5. The van der Waals surface area contributed by atoms with E-state index in [9.17, 15) is 18.0 Å². The lowest BCUT2D eigenvalue weighted by Gasteiger charge is -2.30. The molecule has 3 aromatic rings. The molecule has 1 amide bonds. The van der Waals surface area contributed by atoms with Crippen LogP contribution in [0.1, 0.15) is 24.8 Å². The molecule has 2 fully saturated rings. The summed E-state index contributed by atoms with van der Waals surface area (Å²) in [6, 6.07) is 3.56. The van der Waals surface area contributed by atoms with E-state index in [2.05, 4.69) is 14.7 Å². The summed E-state index contributed by atoms with van der Waals surface area (Å²) in [6.45, 7) is 1.91. The minimum absolute atomic E-state index is 0.0527. The van der Waals surface area contributed by atoms with Crippen molar-refractivity contribution in [2.75, 3.05) is 37.4 Å². The van der Waals surface area contributed by atoms with Gasteiger partial charge in [0.25, 0.3) is 10.0 Å². The Morgan fingerprint density at radius 2 is 2.11 bits per heavy atom. The van der Waals surface area contributed by atoms with E-state index >= 15 is 0 Å². The normalized spacial score (nSPS) is 18.6. The lowest BCUT2D eigenvalue weighted by molar-refractivity contribution is -0.151. The van der Waals surface area contributed by atoms with Gasteiger partial charge in [0.2, 0.25) is 5.91 Å². The van der Waals surface area contributed by atoms with Crippen molar-refractivity contribution in [3.05, 3.63) is 41.2 Å². The molecule has 1 aromatic carbocycles. The van der Waals surface area contributed by atoms with Crippen LogP contribution in [0.5, 0.6) is 0 Å². The van der Waals surface area contributed by atoms with E-state index in [4.69, 9.17) is 22.1 Å². The van der Waals surface area contributed by atoms with Gasteiger partial charge < -0.3 is 20.3 Å². The van der Waals surface area contributed by atoms with E-state index in [0.717, 1.165) is 47.2 Å². The van der Waals surface area contributed by atoms with Gasteiger partial charge in [-0.1, -0.05) is 22.9 Å². The first-order chi connectivity index (χ1) is 18.2. The zero-order chi connectivity index (χ0) is 27.0. The molecule has 2 aliphatic heterocycles. The predicted octanol–water partition coefficient (Wildman–Crippen LogP) is 2.19. The molecule has 11 nitrogen and oxygen atoms in total. The minimum atomic E-state index is -3.95. The van der Waals surface area contributed by atoms with Crippen molar-refractivity contribution in [1.82, 2.24) is 19.6 Å². The number of carbonyl (C=O) groups excluding carboxylic acids is 2. The van der Waals surface area contributed by atoms with Crippen LogP contribution in [-0.2, 0) is 30.8 Å². The molecule has 2 aromatic heterocycles. The van der Waals surface area contributed by atoms with Gasteiger partial charge in [0.1, 0.15) is 17.9 Å². The second-order valence-electron chi connectivity index (χ2n) is 9.24. The SMILES string of the molecule is COC(=O)[C@@H](CCc1cc2ccnc(N)c2cc1Cl)N1CC[C@H](NS(=O)(=O)c2cnc(N3CCC3)s2)C1=O. The third-order valence-corrected chi connectivity index (χ3v) is 10.2. The van der Waals surface area contributed by atoms with Gasteiger partial charge in [-0.05, 0) is 54.8 Å². The van der Waals surface area contributed by atoms with Crippen LogP contribution < -0.4 is 15.4 Å². The first-order valence-electron chi connectivity index (χ1n) is 12.1. The molecular formula is C24H27ClN6O5S2. The molecule has 0 spiro atoms. The monoisotopic (exact) mass is 578 g/mol. The summed E-state index contributed by atoms with van der Waals surface area (Å²) < 4.78 is 33.5. The number of nitrogen functional groups attached to an aromatic ring is 1. The number of rotatable bonds is 9. The van der Waals surface area contributed by atoms with Crippen molar-refractivity contribution in [1.29, 1.82) is 0 Å². The van der Waals surface area contributed by atoms with Crippen molar-refractivity contribution < 1.29 is 22.7 Å². The fourth-order valence-corrected chi connectivity index (χ4v) is 7.35. The van der Waals surface area contributed by atoms with Crippen LogP contribution in [-0.4, -0.2) is 74.0 Å². The van der Waals surface area contributed by atoms with E-state index in [0.29, 0.717) is 22.4 Å². The summed E-state index contributed by atoms with van der Waals surface area (Å²) >= 11 is 7.56. The van der Waals surface area contributed by atoms with E-state index in [-0.39, 0.29) is 23.6 Å². The third kappa shape index (κ3) is 5.15. The van der Waals surface area contributed by atoms with E-state index < -0.39 is 34.0 Å². The zero-order valence-corrected chi connectivity index (χ0v) is 23.0. The maximum Gasteiger partial charge on any atom is 0.328 e. The molecule has 0 aliphatic carbocycles. The molecule has 202 valence electrons. The maximum atomic E-state index is 13.3. The largest absolute Gasteiger partial charge is 0.467 e. The summed E-state index contributed by atoms with van der Waals surface area (Å²) in [4.78, 5) is 37.6. The van der Waals surface area contributed by atoms with E-state index in [1.54, 1.807) is 12.3 Å². The number of likely N-dealkylation sites (tertiary alicyclic amines) is 1. The average Bonchev–Trinajstić information content (AvgIpc) is 3.47. The van der Waals surface area contributed by atoms with Gasteiger partial charge in [0, 0.05) is 36.2 Å². The Bertz CT molecular complexity index is 1490. The first-order valence-corrected chi connectivity index (χ1v) is 14.8. The number of benzene rings is 1. The predicted molar refractivity (Wildman–Crippen MR) is 145 cm³/mol. The van der Waals surface area contributed by atoms with Crippen molar-refractivity contribution in [2.45, 2.75) is 42.0 Å². The molecule has 38 heavy (non-hydrogen) atoms. The van der Waals surface area contributed by atoms with Crippen LogP contribution in [0.2, 0.25) is 5.02 Å². The third-order valence-electron chi connectivity index (χ3n) is 6.90. The molecule has 2 saturated heterocycles. The van der Waals surface area contributed by atoms with E-state index in [1.807, 2.05) is 17.0 Å². The molecule has 0 unspecified atom stereocenters.